The summed E-state index contributed by atoms with van der Waals surface area (Å²) >= 11 is 0. The van der Waals surface area contributed by atoms with Crippen molar-refractivity contribution >= 4 is 17.5 Å². The van der Waals surface area contributed by atoms with Crippen molar-refractivity contribution in [3.63, 3.8) is 0 Å². The summed E-state index contributed by atoms with van der Waals surface area (Å²) in [7, 11) is 0. The van der Waals surface area contributed by atoms with E-state index in [1.54, 1.807) is 35.4 Å². The van der Waals surface area contributed by atoms with Gasteiger partial charge in [0.15, 0.2) is 0 Å². The van der Waals surface area contributed by atoms with Gasteiger partial charge in [0.05, 0.1) is 11.9 Å². The summed E-state index contributed by atoms with van der Waals surface area (Å²) in [5.74, 6) is 0.390. The number of amides is 2. The van der Waals surface area contributed by atoms with Crippen molar-refractivity contribution in [1.29, 1.82) is 0 Å². The molecule has 0 saturated carbocycles. The first kappa shape index (κ1) is 17.0. The average Bonchev–Trinajstić information content (AvgIpc) is 3.17. The van der Waals surface area contributed by atoms with Gasteiger partial charge in [-0.1, -0.05) is 24.3 Å². The molecule has 0 saturated heterocycles. The number of hydrogen-bond acceptors (Lipinski definition) is 4. The normalized spacial score (nSPS) is 13.1. The molecule has 1 aliphatic heterocycles. The Morgan fingerprint density at radius 2 is 1.89 bits per heavy atom. The number of hydrogen-bond donors (Lipinski definition) is 1. The van der Waals surface area contributed by atoms with E-state index in [1.165, 1.54) is 18.1 Å². The predicted octanol–water partition coefficient (Wildman–Crippen LogP) is 2.42. The Hall–Kier alpha value is -3.48. The maximum Gasteiger partial charge on any atom is 0.274 e. The Morgan fingerprint density at radius 1 is 1.07 bits per heavy atom. The molecule has 2 amide bonds. The monoisotopic (exact) mass is 361 g/mol. The van der Waals surface area contributed by atoms with Crippen molar-refractivity contribution < 1.29 is 9.59 Å². The van der Waals surface area contributed by atoms with Crippen LogP contribution in [0.2, 0.25) is 0 Å². The van der Waals surface area contributed by atoms with E-state index in [9.17, 15) is 9.59 Å². The highest BCUT2D eigenvalue weighted by atomic mass is 16.2. The molecule has 7 heteroatoms. The zero-order chi connectivity index (χ0) is 18.8. The van der Waals surface area contributed by atoms with E-state index in [1.807, 2.05) is 17.0 Å². The first-order chi connectivity index (χ1) is 13.1. The minimum Gasteiger partial charge on any atom is -0.333 e. The summed E-state index contributed by atoms with van der Waals surface area (Å²) in [6.07, 6.45) is 5.68. The van der Waals surface area contributed by atoms with E-state index in [0.29, 0.717) is 30.3 Å². The zero-order valence-corrected chi connectivity index (χ0v) is 14.9. The van der Waals surface area contributed by atoms with E-state index in [2.05, 4.69) is 27.4 Å². The number of carbonyl (C=O) groups excluding carboxylic acids is 2. The number of benzene rings is 1. The molecule has 0 bridgehead atoms. The summed E-state index contributed by atoms with van der Waals surface area (Å²) in [6, 6.07) is 11.7. The highest BCUT2D eigenvalue weighted by Gasteiger charge is 2.23. The third kappa shape index (κ3) is 3.57. The van der Waals surface area contributed by atoms with Crippen molar-refractivity contribution in [3.05, 3.63) is 71.9 Å². The van der Waals surface area contributed by atoms with Gasteiger partial charge in [0.2, 0.25) is 5.91 Å². The van der Waals surface area contributed by atoms with Gasteiger partial charge in [0.25, 0.3) is 5.91 Å². The van der Waals surface area contributed by atoms with Gasteiger partial charge in [0, 0.05) is 26.2 Å². The summed E-state index contributed by atoms with van der Waals surface area (Å²) in [5.41, 5.74) is 3.50. The van der Waals surface area contributed by atoms with Crippen LogP contribution in [0.3, 0.4) is 0 Å². The smallest absolute Gasteiger partial charge is 0.274 e. The summed E-state index contributed by atoms with van der Waals surface area (Å²) in [4.78, 5) is 34.3. The topological polar surface area (TPSA) is 80.1 Å². The van der Waals surface area contributed by atoms with E-state index in [0.717, 1.165) is 6.42 Å². The van der Waals surface area contributed by atoms with Crippen molar-refractivity contribution in [2.75, 3.05) is 11.9 Å². The number of nitrogens with one attached hydrogen (secondary N) is 1. The second-order valence-corrected chi connectivity index (χ2v) is 6.50. The number of nitrogens with zero attached hydrogens (tertiary/aromatic N) is 4. The number of carbonyl (C=O) groups is 2. The van der Waals surface area contributed by atoms with Crippen LogP contribution in [0.15, 0.2) is 55.1 Å². The molecular formula is C20H19N5O2. The molecule has 0 radical (unpaired) electrons. The lowest BCUT2D eigenvalue weighted by Gasteiger charge is -2.28. The minimum atomic E-state index is -0.150. The number of anilines is 1. The van der Waals surface area contributed by atoms with E-state index in [-0.39, 0.29) is 11.8 Å². The lowest BCUT2D eigenvalue weighted by atomic mass is 10.00. The molecule has 0 spiro atoms. The number of fused-ring (bicyclic) bond motifs is 1. The fourth-order valence-corrected chi connectivity index (χ4v) is 3.21. The summed E-state index contributed by atoms with van der Waals surface area (Å²) in [6.45, 7) is 2.73. The van der Waals surface area contributed by atoms with Crippen molar-refractivity contribution in [1.82, 2.24) is 19.4 Å². The van der Waals surface area contributed by atoms with Crippen LogP contribution in [0.4, 0.5) is 5.69 Å². The van der Waals surface area contributed by atoms with Crippen molar-refractivity contribution in [3.8, 4) is 5.82 Å². The molecule has 27 heavy (non-hydrogen) atoms. The molecule has 0 aliphatic carbocycles. The lowest BCUT2D eigenvalue weighted by Crippen LogP contribution is -2.36. The summed E-state index contributed by atoms with van der Waals surface area (Å²) < 4.78 is 1.70. The summed E-state index contributed by atoms with van der Waals surface area (Å²) in [5, 5.41) is 2.67. The lowest BCUT2D eigenvalue weighted by molar-refractivity contribution is -0.114. The second-order valence-electron chi connectivity index (χ2n) is 6.50. The number of imidazole rings is 1. The van der Waals surface area contributed by atoms with Crippen LogP contribution in [0, 0.1) is 0 Å². The minimum absolute atomic E-state index is 0.0851. The molecule has 4 rings (SSSR count). The van der Waals surface area contributed by atoms with E-state index < -0.39 is 0 Å². The van der Waals surface area contributed by atoms with Gasteiger partial charge in [0.1, 0.15) is 17.8 Å². The van der Waals surface area contributed by atoms with E-state index >= 15 is 0 Å². The maximum absolute atomic E-state index is 12.8. The molecule has 2 aromatic heterocycles. The molecule has 0 atom stereocenters. The molecule has 1 N–H and O–H groups in total. The van der Waals surface area contributed by atoms with Crippen molar-refractivity contribution in [2.45, 2.75) is 19.9 Å². The molecule has 3 aromatic rings. The Bertz CT molecular complexity index is 994. The average molecular weight is 361 g/mol. The first-order valence-corrected chi connectivity index (χ1v) is 8.74. The number of rotatable bonds is 3. The molecule has 0 unspecified atom stereocenters. The Labute approximate surface area is 156 Å². The Morgan fingerprint density at radius 3 is 2.63 bits per heavy atom. The first-order valence-electron chi connectivity index (χ1n) is 8.74. The number of aromatic nitrogens is 3. The Kier molecular flexibility index (Phi) is 4.42. The van der Waals surface area contributed by atoms with Gasteiger partial charge < -0.3 is 10.2 Å². The molecule has 0 fully saturated rings. The van der Waals surface area contributed by atoms with Crippen molar-refractivity contribution in [2.24, 2.45) is 0 Å². The molecule has 1 aliphatic rings. The van der Waals surface area contributed by atoms with Gasteiger partial charge in [-0.3, -0.25) is 14.2 Å². The van der Waals surface area contributed by atoms with Crippen LogP contribution in [0.5, 0.6) is 0 Å². The fraction of sp³-hybridized carbons (Fsp3) is 0.200. The second kappa shape index (κ2) is 7.03. The predicted molar refractivity (Wildman–Crippen MR) is 101 cm³/mol. The molecule has 3 heterocycles. The Balaban J connectivity index is 1.49. The van der Waals surface area contributed by atoms with Crippen LogP contribution in [-0.4, -0.2) is 37.8 Å². The van der Waals surface area contributed by atoms with E-state index in [4.69, 9.17) is 0 Å². The van der Waals surface area contributed by atoms with Crippen LogP contribution < -0.4 is 5.32 Å². The van der Waals surface area contributed by atoms with Gasteiger partial charge in [-0.15, -0.1) is 0 Å². The van der Waals surface area contributed by atoms with Gasteiger partial charge in [-0.25, -0.2) is 9.97 Å². The third-order valence-corrected chi connectivity index (χ3v) is 4.55. The SMILES string of the molecule is CC(=O)Nc1ccc(-n2cnc(C(=O)N3CCc4ccccc4C3)c2)nc1. The highest BCUT2D eigenvalue weighted by molar-refractivity contribution is 5.92. The molecule has 1 aromatic carbocycles. The van der Waals surface area contributed by atoms with Gasteiger partial charge >= 0.3 is 0 Å². The molecule has 136 valence electrons. The van der Waals surface area contributed by atoms with Crippen LogP contribution in [0.1, 0.15) is 28.5 Å². The van der Waals surface area contributed by atoms with Crippen LogP contribution in [-0.2, 0) is 17.8 Å². The fourth-order valence-electron chi connectivity index (χ4n) is 3.21. The van der Waals surface area contributed by atoms with Gasteiger partial charge in [-0.2, -0.15) is 0 Å². The quantitative estimate of drug-likeness (QED) is 0.777. The standard InChI is InChI=1S/C20H19N5O2/c1-14(26)23-17-6-7-19(21-10-17)25-12-18(22-13-25)20(27)24-9-8-15-4-2-3-5-16(15)11-24/h2-7,10,12-13H,8-9,11H2,1H3,(H,23,26). The highest BCUT2D eigenvalue weighted by Crippen LogP contribution is 2.20. The van der Waals surface area contributed by atoms with Crippen LogP contribution in [0.25, 0.3) is 5.82 Å². The maximum atomic E-state index is 12.8. The molecular weight excluding hydrogens is 342 g/mol. The van der Waals surface area contributed by atoms with Gasteiger partial charge in [-0.05, 0) is 29.7 Å². The number of pyridine rings is 1. The largest absolute Gasteiger partial charge is 0.333 e. The third-order valence-electron chi connectivity index (χ3n) is 4.55. The molecule has 7 nitrogen and oxygen atoms in total. The van der Waals surface area contributed by atoms with Crippen LogP contribution >= 0.6 is 0 Å². The zero-order valence-electron chi connectivity index (χ0n) is 14.9.